The summed E-state index contributed by atoms with van der Waals surface area (Å²) in [6, 6.07) is 12.6. The standard InChI is InChI=1S/C16H17N3/c1-12-6-4-5-9-19(12)16-10-13(11-17)14-7-2-3-8-15(14)18-16/h2-3,7-8,10,12H,4-6,9H2,1H3. The number of piperidine rings is 1. The van der Waals surface area contributed by atoms with E-state index in [-0.39, 0.29) is 0 Å². The number of rotatable bonds is 1. The van der Waals surface area contributed by atoms with Crippen molar-refractivity contribution in [3.8, 4) is 6.07 Å². The van der Waals surface area contributed by atoms with Crippen LogP contribution in [0.1, 0.15) is 31.7 Å². The molecule has 96 valence electrons. The Kier molecular flexibility index (Phi) is 3.08. The second-order valence-corrected chi connectivity index (χ2v) is 5.20. The van der Waals surface area contributed by atoms with Crippen LogP contribution < -0.4 is 4.90 Å². The third kappa shape index (κ3) is 2.15. The Morgan fingerprint density at radius 3 is 2.95 bits per heavy atom. The van der Waals surface area contributed by atoms with Crippen LogP contribution in [0.4, 0.5) is 5.82 Å². The van der Waals surface area contributed by atoms with Gasteiger partial charge in [-0.25, -0.2) is 4.98 Å². The quantitative estimate of drug-likeness (QED) is 0.779. The SMILES string of the molecule is CC1CCCCN1c1cc(C#N)c2ccccc2n1. The van der Waals surface area contributed by atoms with Crippen molar-refractivity contribution >= 4 is 16.7 Å². The van der Waals surface area contributed by atoms with Gasteiger partial charge in [-0.2, -0.15) is 5.26 Å². The van der Waals surface area contributed by atoms with Gasteiger partial charge < -0.3 is 4.90 Å². The lowest BCUT2D eigenvalue weighted by Crippen LogP contribution is -2.38. The van der Waals surface area contributed by atoms with Crippen LogP contribution in [-0.2, 0) is 0 Å². The van der Waals surface area contributed by atoms with Crippen LogP contribution in [0.15, 0.2) is 30.3 Å². The third-order valence-corrected chi connectivity index (χ3v) is 3.92. The van der Waals surface area contributed by atoms with E-state index in [0.717, 1.165) is 28.8 Å². The molecule has 0 spiro atoms. The largest absolute Gasteiger partial charge is 0.354 e. The van der Waals surface area contributed by atoms with E-state index in [1.54, 1.807) is 0 Å². The van der Waals surface area contributed by atoms with Crippen molar-refractivity contribution in [2.24, 2.45) is 0 Å². The minimum absolute atomic E-state index is 0.508. The molecule has 1 fully saturated rings. The van der Waals surface area contributed by atoms with E-state index in [9.17, 15) is 5.26 Å². The molecule has 1 aromatic heterocycles. The van der Waals surface area contributed by atoms with Gasteiger partial charge in [0.15, 0.2) is 0 Å². The fourth-order valence-electron chi connectivity index (χ4n) is 2.84. The molecule has 2 heterocycles. The number of para-hydroxylation sites is 1. The number of hydrogen-bond acceptors (Lipinski definition) is 3. The summed E-state index contributed by atoms with van der Waals surface area (Å²) in [5.74, 6) is 0.947. The van der Waals surface area contributed by atoms with Gasteiger partial charge >= 0.3 is 0 Å². The number of benzene rings is 1. The van der Waals surface area contributed by atoms with E-state index in [1.165, 1.54) is 19.3 Å². The van der Waals surface area contributed by atoms with E-state index < -0.39 is 0 Å². The molecule has 0 amide bonds. The van der Waals surface area contributed by atoms with Gasteiger partial charge in [0, 0.05) is 18.0 Å². The zero-order valence-corrected chi connectivity index (χ0v) is 11.1. The van der Waals surface area contributed by atoms with Gasteiger partial charge in [-0.1, -0.05) is 18.2 Å². The highest BCUT2D eigenvalue weighted by atomic mass is 15.2. The summed E-state index contributed by atoms with van der Waals surface area (Å²) in [7, 11) is 0. The number of aromatic nitrogens is 1. The molecule has 2 aromatic rings. The smallest absolute Gasteiger partial charge is 0.130 e. The highest BCUT2D eigenvalue weighted by molar-refractivity contribution is 5.86. The highest BCUT2D eigenvalue weighted by Gasteiger charge is 2.20. The van der Waals surface area contributed by atoms with Crippen molar-refractivity contribution in [1.29, 1.82) is 5.26 Å². The predicted octanol–water partition coefficient (Wildman–Crippen LogP) is 3.49. The lowest BCUT2D eigenvalue weighted by atomic mass is 10.0. The number of anilines is 1. The second-order valence-electron chi connectivity index (χ2n) is 5.20. The van der Waals surface area contributed by atoms with Gasteiger partial charge in [-0.15, -0.1) is 0 Å². The number of nitrogens with zero attached hydrogens (tertiary/aromatic N) is 3. The molecule has 1 saturated heterocycles. The second kappa shape index (κ2) is 4.89. The first-order chi connectivity index (χ1) is 9.29. The van der Waals surface area contributed by atoms with Crippen molar-refractivity contribution in [3.63, 3.8) is 0 Å². The minimum atomic E-state index is 0.508. The zero-order valence-electron chi connectivity index (χ0n) is 11.1. The molecule has 0 N–H and O–H groups in total. The summed E-state index contributed by atoms with van der Waals surface area (Å²) < 4.78 is 0. The Morgan fingerprint density at radius 1 is 1.32 bits per heavy atom. The summed E-state index contributed by atoms with van der Waals surface area (Å²) in [4.78, 5) is 7.06. The number of hydrogen-bond donors (Lipinski definition) is 0. The van der Waals surface area contributed by atoms with Gasteiger partial charge in [-0.3, -0.25) is 0 Å². The molecule has 1 aliphatic rings. The van der Waals surface area contributed by atoms with E-state index in [0.29, 0.717) is 6.04 Å². The summed E-state index contributed by atoms with van der Waals surface area (Å²) in [6.07, 6.45) is 3.70. The maximum absolute atomic E-state index is 9.33. The van der Waals surface area contributed by atoms with Gasteiger partial charge in [0.1, 0.15) is 5.82 Å². The molecule has 1 aliphatic heterocycles. The van der Waals surface area contributed by atoms with Crippen molar-refractivity contribution < 1.29 is 0 Å². The zero-order chi connectivity index (χ0) is 13.2. The number of fused-ring (bicyclic) bond motifs is 1. The van der Waals surface area contributed by atoms with Gasteiger partial charge in [-0.05, 0) is 38.3 Å². The molecule has 1 atom stereocenters. The van der Waals surface area contributed by atoms with Crippen molar-refractivity contribution in [2.45, 2.75) is 32.2 Å². The van der Waals surface area contributed by atoms with E-state index in [2.05, 4.69) is 17.9 Å². The van der Waals surface area contributed by atoms with Gasteiger partial charge in [0.2, 0.25) is 0 Å². The molecule has 0 radical (unpaired) electrons. The Bertz CT molecular complexity index is 642. The average molecular weight is 251 g/mol. The molecule has 0 saturated carbocycles. The lowest BCUT2D eigenvalue weighted by molar-refractivity contribution is 0.481. The summed E-state index contributed by atoms with van der Waals surface area (Å²) >= 11 is 0. The molecular weight excluding hydrogens is 234 g/mol. The predicted molar refractivity (Wildman–Crippen MR) is 77.1 cm³/mol. The molecule has 3 heteroatoms. The molecular formula is C16H17N3. The topological polar surface area (TPSA) is 39.9 Å². The van der Waals surface area contributed by atoms with Crippen LogP contribution in [0, 0.1) is 11.3 Å². The Labute approximate surface area is 113 Å². The average Bonchev–Trinajstić information content (AvgIpc) is 2.46. The van der Waals surface area contributed by atoms with E-state index in [4.69, 9.17) is 4.98 Å². The lowest BCUT2D eigenvalue weighted by Gasteiger charge is -2.34. The first-order valence-corrected chi connectivity index (χ1v) is 6.86. The highest BCUT2D eigenvalue weighted by Crippen LogP contribution is 2.27. The number of nitriles is 1. The fraction of sp³-hybridized carbons (Fsp3) is 0.375. The molecule has 1 unspecified atom stereocenters. The van der Waals surface area contributed by atoms with Crippen LogP contribution in [-0.4, -0.2) is 17.6 Å². The Morgan fingerprint density at radius 2 is 2.16 bits per heavy atom. The summed E-state index contributed by atoms with van der Waals surface area (Å²) in [5, 5.41) is 10.3. The molecule has 3 nitrogen and oxygen atoms in total. The van der Waals surface area contributed by atoms with E-state index >= 15 is 0 Å². The first-order valence-electron chi connectivity index (χ1n) is 6.86. The molecule has 19 heavy (non-hydrogen) atoms. The number of pyridine rings is 1. The molecule has 0 aliphatic carbocycles. The third-order valence-electron chi connectivity index (χ3n) is 3.92. The van der Waals surface area contributed by atoms with Crippen molar-refractivity contribution in [1.82, 2.24) is 4.98 Å². The molecule has 3 rings (SSSR count). The van der Waals surface area contributed by atoms with Gasteiger partial charge in [0.25, 0.3) is 0 Å². The maximum atomic E-state index is 9.33. The van der Waals surface area contributed by atoms with Crippen LogP contribution in [0.2, 0.25) is 0 Å². The normalized spacial score (nSPS) is 19.4. The maximum Gasteiger partial charge on any atom is 0.130 e. The minimum Gasteiger partial charge on any atom is -0.354 e. The van der Waals surface area contributed by atoms with Crippen molar-refractivity contribution in [2.75, 3.05) is 11.4 Å². The van der Waals surface area contributed by atoms with Crippen LogP contribution in [0.25, 0.3) is 10.9 Å². The van der Waals surface area contributed by atoms with E-state index in [1.807, 2.05) is 30.3 Å². The Hall–Kier alpha value is -2.08. The van der Waals surface area contributed by atoms with Crippen molar-refractivity contribution in [3.05, 3.63) is 35.9 Å². The monoisotopic (exact) mass is 251 g/mol. The van der Waals surface area contributed by atoms with Crippen LogP contribution in [0.5, 0.6) is 0 Å². The first kappa shape index (κ1) is 12.0. The van der Waals surface area contributed by atoms with Gasteiger partial charge in [0.05, 0.1) is 17.1 Å². The summed E-state index contributed by atoms with van der Waals surface area (Å²) in [6.45, 7) is 3.28. The van der Waals surface area contributed by atoms with Crippen LogP contribution in [0.3, 0.4) is 0 Å². The van der Waals surface area contributed by atoms with Crippen LogP contribution >= 0.6 is 0 Å². The molecule has 0 bridgehead atoms. The fourth-order valence-corrected chi connectivity index (χ4v) is 2.84. The summed E-state index contributed by atoms with van der Waals surface area (Å²) in [5.41, 5.74) is 1.63. The molecule has 1 aromatic carbocycles. The Balaban J connectivity index is 2.12.